The zero-order valence-corrected chi connectivity index (χ0v) is 6.18. The molecule has 1 aliphatic heterocycles. The summed E-state index contributed by atoms with van der Waals surface area (Å²) in [6.07, 6.45) is 4.78. The van der Waals surface area contributed by atoms with Crippen molar-refractivity contribution in [1.82, 2.24) is 0 Å². The molecule has 2 atom stereocenters. The molecule has 0 amide bonds. The first kappa shape index (κ1) is 6.62. The van der Waals surface area contributed by atoms with Crippen LogP contribution in [0.4, 0.5) is 0 Å². The number of ether oxygens (including phenoxy) is 1. The Morgan fingerprint density at radius 3 is 2.90 bits per heavy atom. The topological polar surface area (TPSA) is 29.5 Å². The van der Waals surface area contributed by atoms with Crippen LogP contribution < -0.4 is 0 Å². The van der Waals surface area contributed by atoms with Crippen LogP contribution in [0.3, 0.4) is 0 Å². The van der Waals surface area contributed by atoms with Crippen molar-refractivity contribution < 1.29 is 9.84 Å². The fraction of sp³-hybridized carbons (Fsp3) is 1.00. The van der Waals surface area contributed by atoms with Crippen LogP contribution >= 0.6 is 0 Å². The highest BCUT2D eigenvalue weighted by atomic mass is 16.5. The molecule has 2 heteroatoms. The largest absolute Gasteiger partial charge is 0.396 e. The Kier molecular flexibility index (Phi) is 1.46. The maximum absolute atomic E-state index is 8.84. The molecular weight excluding hydrogens is 128 g/mol. The Bertz CT molecular complexity index is 127. The van der Waals surface area contributed by atoms with E-state index in [9.17, 15) is 0 Å². The van der Waals surface area contributed by atoms with Gasteiger partial charge in [-0.25, -0.2) is 0 Å². The third-order valence-electron chi connectivity index (χ3n) is 2.78. The molecule has 2 unspecified atom stereocenters. The molecule has 1 heterocycles. The molecule has 1 saturated carbocycles. The van der Waals surface area contributed by atoms with Crippen LogP contribution in [0.2, 0.25) is 0 Å². The molecule has 1 saturated heterocycles. The van der Waals surface area contributed by atoms with Crippen LogP contribution in [0.1, 0.15) is 25.7 Å². The first-order valence-electron chi connectivity index (χ1n) is 4.12. The lowest BCUT2D eigenvalue weighted by molar-refractivity contribution is -0.0211. The highest BCUT2D eigenvalue weighted by Crippen LogP contribution is 2.51. The van der Waals surface area contributed by atoms with Crippen molar-refractivity contribution in [2.24, 2.45) is 5.92 Å². The van der Waals surface area contributed by atoms with E-state index in [1.807, 2.05) is 0 Å². The average Bonchev–Trinajstić information content (AvgIpc) is 2.65. The minimum Gasteiger partial charge on any atom is -0.396 e. The van der Waals surface area contributed by atoms with Crippen molar-refractivity contribution in [3.05, 3.63) is 0 Å². The monoisotopic (exact) mass is 142 g/mol. The van der Waals surface area contributed by atoms with Gasteiger partial charge in [0.2, 0.25) is 0 Å². The third-order valence-corrected chi connectivity index (χ3v) is 2.78. The fourth-order valence-electron chi connectivity index (χ4n) is 1.95. The molecule has 58 valence electrons. The van der Waals surface area contributed by atoms with Gasteiger partial charge in [-0.05, 0) is 25.7 Å². The maximum atomic E-state index is 8.84. The Labute approximate surface area is 61.2 Å². The minimum absolute atomic E-state index is 0.146. The second kappa shape index (κ2) is 2.21. The number of aliphatic hydroxyl groups excluding tert-OH is 1. The molecule has 1 N–H and O–H groups in total. The van der Waals surface area contributed by atoms with Gasteiger partial charge in [-0.3, -0.25) is 0 Å². The summed E-state index contributed by atoms with van der Waals surface area (Å²) in [6.45, 7) is 1.23. The summed E-state index contributed by atoms with van der Waals surface area (Å²) in [5.74, 6) is 0.466. The molecule has 1 spiro atoms. The van der Waals surface area contributed by atoms with Crippen LogP contribution in [-0.4, -0.2) is 23.9 Å². The van der Waals surface area contributed by atoms with E-state index < -0.39 is 0 Å². The van der Waals surface area contributed by atoms with Crippen molar-refractivity contribution in [2.75, 3.05) is 13.2 Å². The molecule has 2 rings (SSSR count). The van der Waals surface area contributed by atoms with Gasteiger partial charge in [0.25, 0.3) is 0 Å². The van der Waals surface area contributed by atoms with Gasteiger partial charge in [0.1, 0.15) is 0 Å². The molecular formula is C8H14O2. The van der Waals surface area contributed by atoms with Gasteiger partial charge in [-0.2, -0.15) is 0 Å². The molecule has 0 aromatic heterocycles. The van der Waals surface area contributed by atoms with E-state index in [2.05, 4.69) is 0 Å². The highest BCUT2D eigenvalue weighted by Gasteiger charge is 2.55. The van der Waals surface area contributed by atoms with Gasteiger partial charge in [0.05, 0.1) is 5.60 Å². The Morgan fingerprint density at radius 1 is 1.50 bits per heavy atom. The standard InChI is InChI=1S/C8H14O2/c9-6-7-5-8(7)3-1-2-4-10-8/h7,9H,1-6H2. The molecule has 1 aliphatic carbocycles. The second-order valence-electron chi connectivity index (χ2n) is 3.45. The lowest BCUT2D eigenvalue weighted by Crippen LogP contribution is -2.23. The molecule has 0 radical (unpaired) electrons. The van der Waals surface area contributed by atoms with E-state index in [0.717, 1.165) is 13.0 Å². The van der Waals surface area contributed by atoms with Crippen LogP contribution in [0.15, 0.2) is 0 Å². The lowest BCUT2D eigenvalue weighted by Gasteiger charge is -2.23. The van der Waals surface area contributed by atoms with E-state index in [4.69, 9.17) is 9.84 Å². The van der Waals surface area contributed by atoms with Crippen molar-refractivity contribution >= 4 is 0 Å². The maximum Gasteiger partial charge on any atom is 0.0738 e. The Balaban J connectivity index is 1.92. The van der Waals surface area contributed by atoms with Gasteiger partial charge in [0.15, 0.2) is 0 Å². The highest BCUT2D eigenvalue weighted by molar-refractivity contribution is 5.05. The van der Waals surface area contributed by atoms with Gasteiger partial charge in [-0.15, -0.1) is 0 Å². The molecule has 0 aromatic rings. The minimum atomic E-state index is 0.146. The molecule has 2 aliphatic rings. The van der Waals surface area contributed by atoms with E-state index in [1.165, 1.54) is 19.3 Å². The van der Waals surface area contributed by atoms with Gasteiger partial charge >= 0.3 is 0 Å². The molecule has 10 heavy (non-hydrogen) atoms. The number of hydrogen-bond acceptors (Lipinski definition) is 2. The summed E-state index contributed by atoms with van der Waals surface area (Å²) >= 11 is 0. The van der Waals surface area contributed by atoms with Crippen LogP contribution in [0, 0.1) is 5.92 Å². The fourth-order valence-corrected chi connectivity index (χ4v) is 1.95. The summed E-state index contributed by atoms with van der Waals surface area (Å²) in [5.41, 5.74) is 0.146. The third kappa shape index (κ3) is 0.867. The predicted octanol–water partition coefficient (Wildman–Crippen LogP) is 0.938. The van der Waals surface area contributed by atoms with Crippen LogP contribution in [0.25, 0.3) is 0 Å². The summed E-state index contributed by atoms with van der Waals surface area (Å²) < 4.78 is 5.62. The number of hydrogen-bond donors (Lipinski definition) is 1. The number of rotatable bonds is 1. The summed E-state index contributed by atoms with van der Waals surface area (Å²) in [4.78, 5) is 0. The normalized spacial score (nSPS) is 45.9. The van der Waals surface area contributed by atoms with Crippen molar-refractivity contribution in [2.45, 2.75) is 31.3 Å². The first-order chi connectivity index (χ1) is 4.87. The van der Waals surface area contributed by atoms with Crippen molar-refractivity contribution in [3.63, 3.8) is 0 Å². The van der Waals surface area contributed by atoms with E-state index in [1.54, 1.807) is 0 Å². The first-order valence-corrected chi connectivity index (χ1v) is 4.12. The molecule has 2 fully saturated rings. The Morgan fingerprint density at radius 2 is 2.40 bits per heavy atom. The SMILES string of the molecule is OCC1CC12CCCCO2. The van der Waals surface area contributed by atoms with Gasteiger partial charge < -0.3 is 9.84 Å². The van der Waals surface area contributed by atoms with Crippen LogP contribution in [-0.2, 0) is 4.74 Å². The van der Waals surface area contributed by atoms with E-state index >= 15 is 0 Å². The average molecular weight is 142 g/mol. The summed E-state index contributed by atoms with van der Waals surface area (Å²) in [5, 5.41) is 8.84. The zero-order valence-electron chi connectivity index (χ0n) is 6.18. The lowest BCUT2D eigenvalue weighted by atomic mass is 10.1. The number of aliphatic hydroxyl groups is 1. The van der Waals surface area contributed by atoms with E-state index in [-0.39, 0.29) is 5.60 Å². The molecule has 0 bridgehead atoms. The summed E-state index contributed by atoms with van der Waals surface area (Å²) in [6, 6.07) is 0. The predicted molar refractivity (Wildman–Crippen MR) is 37.7 cm³/mol. The van der Waals surface area contributed by atoms with Crippen molar-refractivity contribution in [1.29, 1.82) is 0 Å². The Hall–Kier alpha value is -0.0800. The van der Waals surface area contributed by atoms with Gasteiger partial charge in [-0.1, -0.05) is 0 Å². The second-order valence-corrected chi connectivity index (χ2v) is 3.45. The smallest absolute Gasteiger partial charge is 0.0738 e. The quantitative estimate of drug-likeness (QED) is 0.590. The zero-order chi connectivity index (χ0) is 7.03. The molecule has 2 nitrogen and oxygen atoms in total. The van der Waals surface area contributed by atoms with E-state index in [0.29, 0.717) is 12.5 Å². The van der Waals surface area contributed by atoms with Crippen LogP contribution in [0.5, 0.6) is 0 Å². The van der Waals surface area contributed by atoms with Gasteiger partial charge in [0, 0.05) is 19.1 Å². The summed E-state index contributed by atoms with van der Waals surface area (Å²) in [7, 11) is 0. The van der Waals surface area contributed by atoms with Crippen molar-refractivity contribution in [3.8, 4) is 0 Å². The molecule has 0 aromatic carbocycles.